The molecule has 10 heteroatoms. The van der Waals surface area contributed by atoms with E-state index in [0.29, 0.717) is 18.8 Å². The smallest absolute Gasteiger partial charge is 0.332 e. The fraction of sp³-hybridized carbons (Fsp3) is 0.0870. The van der Waals surface area contributed by atoms with Crippen LogP contribution in [0.4, 0.5) is 10.5 Å². The highest BCUT2D eigenvalue weighted by atomic mass is 32.1. The summed E-state index contributed by atoms with van der Waals surface area (Å²) in [6, 6.07) is 23.7. The first-order chi connectivity index (χ1) is 16.0. The van der Waals surface area contributed by atoms with E-state index in [1.165, 1.54) is 32.8 Å². The summed E-state index contributed by atoms with van der Waals surface area (Å²) in [6.07, 6.45) is 0. The minimum Gasteiger partial charge on any atom is -0.332 e. The lowest BCUT2D eigenvalue weighted by Crippen LogP contribution is -2.30. The molecule has 0 fully saturated rings. The van der Waals surface area contributed by atoms with Crippen LogP contribution in [-0.4, -0.2) is 19.5 Å². The second-order valence-electron chi connectivity index (χ2n) is 7.04. The van der Waals surface area contributed by atoms with Gasteiger partial charge in [0, 0.05) is 18.7 Å². The molecule has 0 atom stereocenters. The zero-order valence-electron chi connectivity index (χ0n) is 17.3. The van der Waals surface area contributed by atoms with E-state index in [9.17, 15) is 19.7 Å². The first-order valence-corrected chi connectivity index (χ1v) is 10.8. The van der Waals surface area contributed by atoms with Crippen molar-refractivity contribution in [2.24, 2.45) is 4.99 Å². The third-order valence-corrected chi connectivity index (χ3v) is 5.70. The first kappa shape index (κ1) is 21.9. The molecule has 166 valence electrons. The summed E-state index contributed by atoms with van der Waals surface area (Å²) in [7, 11) is 0. The van der Waals surface area contributed by atoms with Crippen LogP contribution in [-0.2, 0) is 13.1 Å². The number of rotatable bonds is 6. The maximum absolute atomic E-state index is 13.2. The molecule has 4 aromatic rings. The number of hydrogen-bond acceptors (Lipinski definition) is 5. The van der Waals surface area contributed by atoms with Gasteiger partial charge in [0.25, 0.3) is 5.69 Å². The quantitative estimate of drug-likeness (QED) is 0.350. The van der Waals surface area contributed by atoms with Crippen LogP contribution in [0.5, 0.6) is 0 Å². The number of hydrogen-bond donors (Lipinski definition) is 1. The van der Waals surface area contributed by atoms with Gasteiger partial charge < -0.3 is 5.32 Å². The number of nitro benzene ring substituents is 1. The Morgan fingerprint density at radius 3 is 2.15 bits per heavy atom. The second kappa shape index (κ2) is 9.88. The fourth-order valence-electron chi connectivity index (χ4n) is 3.14. The normalized spacial score (nSPS) is 11.3. The van der Waals surface area contributed by atoms with E-state index in [0.717, 1.165) is 22.7 Å². The zero-order chi connectivity index (χ0) is 23.2. The molecular weight excluding hydrogens is 442 g/mol. The van der Waals surface area contributed by atoms with E-state index < -0.39 is 16.6 Å². The summed E-state index contributed by atoms with van der Waals surface area (Å²) in [4.78, 5) is 40.4. The maximum atomic E-state index is 13.2. The number of nitro groups is 1. The van der Waals surface area contributed by atoms with Crippen LogP contribution >= 0.6 is 11.5 Å². The molecule has 3 aromatic carbocycles. The highest BCUT2D eigenvalue weighted by Gasteiger charge is 2.14. The molecule has 0 saturated heterocycles. The van der Waals surface area contributed by atoms with E-state index >= 15 is 0 Å². The van der Waals surface area contributed by atoms with Crippen molar-refractivity contribution >= 4 is 23.3 Å². The van der Waals surface area contributed by atoms with Crippen molar-refractivity contribution in [1.82, 2.24) is 13.8 Å². The van der Waals surface area contributed by atoms with E-state index in [-0.39, 0.29) is 10.5 Å². The summed E-state index contributed by atoms with van der Waals surface area (Å²) < 4.78 is 2.76. The molecule has 1 N–H and O–H groups in total. The van der Waals surface area contributed by atoms with Gasteiger partial charge in [-0.2, -0.15) is 4.99 Å². The van der Waals surface area contributed by atoms with Crippen LogP contribution in [0.25, 0.3) is 5.69 Å². The van der Waals surface area contributed by atoms with Gasteiger partial charge in [0.15, 0.2) is 0 Å². The Hall–Kier alpha value is -4.31. The largest absolute Gasteiger partial charge is 0.344 e. The molecule has 0 spiro atoms. The lowest BCUT2D eigenvalue weighted by molar-refractivity contribution is -0.384. The number of benzene rings is 3. The number of aromatic nitrogens is 2. The minimum atomic E-state index is -0.595. The van der Waals surface area contributed by atoms with Crippen molar-refractivity contribution in [2.75, 3.05) is 0 Å². The van der Waals surface area contributed by atoms with Gasteiger partial charge >= 0.3 is 11.7 Å². The van der Waals surface area contributed by atoms with Gasteiger partial charge in [-0.25, -0.2) is 18.1 Å². The van der Waals surface area contributed by atoms with Crippen LogP contribution < -0.4 is 15.8 Å². The van der Waals surface area contributed by atoms with Gasteiger partial charge in [0.1, 0.15) is 0 Å². The molecule has 0 saturated carbocycles. The van der Waals surface area contributed by atoms with Gasteiger partial charge in [-0.05, 0) is 34.8 Å². The number of non-ortho nitro benzene ring substituents is 1. The third-order valence-electron chi connectivity index (χ3n) is 4.76. The van der Waals surface area contributed by atoms with Crippen LogP contribution in [0.15, 0.2) is 94.7 Å². The SMILES string of the molecule is O=C(/N=c1\sn(Cc2ccccc2)c(=O)n1-c1ccc([N+](=O)[O-])cc1)NCc1ccccc1. The van der Waals surface area contributed by atoms with Crippen molar-refractivity contribution in [3.63, 3.8) is 0 Å². The molecule has 0 aliphatic rings. The molecule has 0 aliphatic heterocycles. The molecule has 1 heterocycles. The maximum Gasteiger partial charge on any atom is 0.344 e. The Balaban J connectivity index is 1.71. The van der Waals surface area contributed by atoms with Gasteiger partial charge in [0.05, 0.1) is 17.2 Å². The average molecular weight is 462 g/mol. The highest BCUT2D eigenvalue weighted by molar-refractivity contribution is 7.03. The average Bonchev–Trinajstić information content (AvgIpc) is 3.13. The number of nitrogens with zero attached hydrogens (tertiary/aromatic N) is 4. The number of urea groups is 1. The lowest BCUT2D eigenvalue weighted by atomic mass is 10.2. The molecule has 33 heavy (non-hydrogen) atoms. The molecule has 0 bridgehead atoms. The van der Waals surface area contributed by atoms with Crippen LogP contribution in [0, 0.1) is 10.1 Å². The molecule has 1 aromatic heterocycles. The fourth-order valence-corrected chi connectivity index (χ4v) is 4.09. The Kier molecular flexibility index (Phi) is 6.56. The first-order valence-electron chi connectivity index (χ1n) is 9.99. The number of carbonyl (C=O) groups excluding carboxylic acids is 1. The second-order valence-corrected chi connectivity index (χ2v) is 8.03. The summed E-state index contributed by atoms with van der Waals surface area (Å²) >= 11 is 1.04. The molecular formula is C23H19N5O4S. The lowest BCUT2D eigenvalue weighted by Gasteiger charge is -2.03. The minimum absolute atomic E-state index is 0.0988. The predicted octanol–water partition coefficient (Wildman–Crippen LogP) is 3.47. The third kappa shape index (κ3) is 5.31. The van der Waals surface area contributed by atoms with Crippen molar-refractivity contribution in [3.05, 3.63) is 121 Å². The molecule has 0 aliphatic carbocycles. The summed E-state index contributed by atoms with van der Waals surface area (Å²) in [5, 5.41) is 13.7. The van der Waals surface area contributed by atoms with E-state index in [1.54, 1.807) is 0 Å². The number of carbonyl (C=O) groups is 1. The molecule has 0 unspecified atom stereocenters. The van der Waals surface area contributed by atoms with Crippen LogP contribution in [0.3, 0.4) is 0 Å². The van der Waals surface area contributed by atoms with E-state index in [1.807, 2.05) is 60.7 Å². The predicted molar refractivity (Wildman–Crippen MR) is 124 cm³/mol. The monoisotopic (exact) mass is 461 g/mol. The molecule has 0 radical (unpaired) electrons. The van der Waals surface area contributed by atoms with Gasteiger partial charge in [0.2, 0.25) is 4.80 Å². The Bertz CT molecular complexity index is 1390. The Labute approximate surface area is 192 Å². The van der Waals surface area contributed by atoms with Gasteiger partial charge in [-0.3, -0.25) is 10.1 Å². The number of nitrogens with one attached hydrogen (secondary N) is 1. The number of amides is 2. The molecule has 9 nitrogen and oxygen atoms in total. The van der Waals surface area contributed by atoms with E-state index in [4.69, 9.17) is 0 Å². The summed E-state index contributed by atoms with van der Waals surface area (Å²) in [5.74, 6) is 0. The van der Waals surface area contributed by atoms with Crippen molar-refractivity contribution in [2.45, 2.75) is 13.1 Å². The van der Waals surface area contributed by atoms with E-state index in [2.05, 4.69) is 10.3 Å². The standard InChI is InChI=1S/C23H19N5O4S/c29-21(24-15-17-7-3-1-4-8-17)25-22-27(19-11-13-20(14-12-19)28(31)32)23(30)26(33-22)16-18-9-5-2-6-10-18/h1-14H,15-16H2,(H,24,29)/b25-22-. The van der Waals surface area contributed by atoms with Gasteiger partial charge in [-0.1, -0.05) is 60.7 Å². The van der Waals surface area contributed by atoms with Crippen LogP contribution in [0.1, 0.15) is 11.1 Å². The summed E-state index contributed by atoms with van der Waals surface area (Å²) in [6.45, 7) is 0.596. The Morgan fingerprint density at radius 1 is 0.939 bits per heavy atom. The molecule has 2 amide bonds. The highest BCUT2D eigenvalue weighted by Crippen LogP contribution is 2.14. The van der Waals surface area contributed by atoms with Crippen LogP contribution in [0.2, 0.25) is 0 Å². The van der Waals surface area contributed by atoms with Crippen molar-refractivity contribution < 1.29 is 9.72 Å². The summed E-state index contributed by atoms with van der Waals surface area (Å²) in [5.41, 5.74) is 1.71. The van der Waals surface area contributed by atoms with Crippen molar-refractivity contribution in [3.8, 4) is 5.69 Å². The Morgan fingerprint density at radius 2 is 1.55 bits per heavy atom. The zero-order valence-corrected chi connectivity index (χ0v) is 18.1. The molecule has 4 rings (SSSR count). The topological polar surface area (TPSA) is 112 Å². The van der Waals surface area contributed by atoms with Gasteiger partial charge in [-0.15, -0.1) is 0 Å². The van der Waals surface area contributed by atoms with Crippen molar-refractivity contribution in [1.29, 1.82) is 0 Å².